The van der Waals surface area contributed by atoms with Gasteiger partial charge >= 0.3 is 11.7 Å². The van der Waals surface area contributed by atoms with Crippen molar-refractivity contribution in [1.29, 1.82) is 0 Å². The van der Waals surface area contributed by atoms with Crippen molar-refractivity contribution in [2.24, 2.45) is 5.73 Å². The number of carbonyl (C=O) groups is 1. The molecule has 0 radical (unpaired) electrons. The normalized spacial score (nSPS) is 11.6. The molecular formula is C11H17Cl3N4O4. The lowest BCUT2D eigenvalue weighted by atomic mass is 10.3. The zero-order valence-corrected chi connectivity index (χ0v) is 13.8. The summed E-state index contributed by atoms with van der Waals surface area (Å²) in [4.78, 5) is 38.0. The number of hydrogen-bond acceptors (Lipinski definition) is 5. The van der Waals surface area contributed by atoms with Gasteiger partial charge in [-0.1, -0.05) is 0 Å². The Hall–Kier alpha value is -1.22. The Balaban J connectivity index is 0.00000441. The van der Waals surface area contributed by atoms with Crippen molar-refractivity contribution in [3.63, 3.8) is 0 Å². The molecule has 0 aliphatic heterocycles. The number of hydrogen-bond donors (Lipinski definition) is 3. The second-order valence-corrected chi connectivity index (χ2v) is 4.99. The minimum Gasteiger partial charge on any atom is -0.480 e. The lowest BCUT2D eigenvalue weighted by Crippen LogP contribution is -2.42. The number of nitrogens with one attached hydrogen (secondary N) is 1. The second kappa shape index (κ2) is 9.73. The second-order valence-electron chi connectivity index (χ2n) is 4.24. The molecule has 0 fully saturated rings. The van der Waals surface area contributed by atoms with E-state index in [0.717, 1.165) is 4.57 Å². The van der Waals surface area contributed by atoms with E-state index < -0.39 is 23.3 Å². The Morgan fingerprint density at radius 1 is 1.36 bits per heavy atom. The number of nitrogens with zero attached hydrogens (tertiary/aromatic N) is 2. The largest absolute Gasteiger partial charge is 0.480 e. The zero-order valence-electron chi connectivity index (χ0n) is 11.5. The Labute approximate surface area is 142 Å². The molecule has 0 aliphatic rings. The van der Waals surface area contributed by atoms with Gasteiger partial charge in [-0.2, -0.15) is 0 Å². The molecule has 0 bridgehead atoms. The molecule has 0 aliphatic carbocycles. The molecule has 0 saturated carbocycles. The van der Waals surface area contributed by atoms with Crippen LogP contribution in [0.3, 0.4) is 0 Å². The van der Waals surface area contributed by atoms with Gasteiger partial charge in [0.2, 0.25) is 0 Å². The number of aromatic nitrogens is 2. The van der Waals surface area contributed by atoms with Crippen LogP contribution in [0.25, 0.3) is 0 Å². The van der Waals surface area contributed by atoms with Crippen LogP contribution in [0.4, 0.5) is 5.69 Å². The maximum Gasteiger partial charge on any atom is 0.328 e. The molecule has 1 rings (SSSR count). The van der Waals surface area contributed by atoms with Crippen molar-refractivity contribution in [2.75, 3.05) is 29.7 Å². The van der Waals surface area contributed by atoms with Gasteiger partial charge in [-0.15, -0.1) is 35.6 Å². The highest BCUT2D eigenvalue weighted by Crippen LogP contribution is 2.06. The third-order valence-corrected chi connectivity index (χ3v) is 3.09. The summed E-state index contributed by atoms with van der Waals surface area (Å²) in [6.45, 7) is 0.467. The van der Waals surface area contributed by atoms with Crippen molar-refractivity contribution in [2.45, 2.75) is 12.6 Å². The summed E-state index contributed by atoms with van der Waals surface area (Å²) in [5.41, 5.74) is 4.27. The molecule has 11 heteroatoms. The smallest absolute Gasteiger partial charge is 0.328 e. The van der Waals surface area contributed by atoms with E-state index in [1.54, 1.807) is 4.90 Å². The van der Waals surface area contributed by atoms with Crippen LogP contribution in [0.2, 0.25) is 0 Å². The number of rotatable bonds is 8. The van der Waals surface area contributed by atoms with Crippen LogP contribution in [0.5, 0.6) is 0 Å². The van der Waals surface area contributed by atoms with E-state index >= 15 is 0 Å². The van der Waals surface area contributed by atoms with Gasteiger partial charge in [0.1, 0.15) is 11.7 Å². The summed E-state index contributed by atoms with van der Waals surface area (Å²) in [7, 11) is 0. The standard InChI is InChI=1S/C11H16Cl2N4O4.ClH/c12-1-3-16(4-2-13)8-6-17(5-7(14)10(19)20)11(21)15-9(8)18;/h6-7H,1-5,14H2,(H,19,20)(H,15,18,21);1H. The number of H-pyrrole nitrogens is 1. The van der Waals surface area contributed by atoms with Crippen LogP contribution in [-0.2, 0) is 11.3 Å². The van der Waals surface area contributed by atoms with Crippen LogP contribution < -0.4 is 21.9 Å². The minimum atomic E-state index is -1.25. The SMILES string of the molecule is Cl.NC(Cn1cc(N(CCCl)CCCl)c(=O)[nH]c1=O)C(=O)O. The predicted octanol–water partition coefficient (Wildman–Crippen LogP) is -0.346. The molecule has 1 heterocycles. The van der Waals surface area contributed by atoms with Gasteiger partial charge in [0.05, 0.1) is 6.54 Å². The van der Waals surface area contributed by atoms with Crippen molar-refractivity contribution in [1.82, 2.24) is 9.55 Å². The quantitative estimate of drug-likeness (QED) is 0.534. The van der Waals surface area contributed by atoms with Gasteiger partial charge in [-0.25, -0.2) is 4.79 Å². The van der Waals surface area contributed by atoms with Crippen molar-refractivity contribution in [3.8, 4) is 0 Å². The predicted molar refractivity (Wildman–Crippen MR) is 87.8 cm³/mol. The third kappa shape index (κ3) is 5.53. The Morgan fingerprint density at radius 2 is 1.91 bits per heavy atom. The molecular weight excluding hydrogens is 359 g/mol. The highest BCUT2D eigenvalue weighted by Gasteiger charge is 2.16. The third-order valence-electron chi connectivity index (χ3n) is 2.75. The van der Waals surface area contributed by atoms with Crippen LogP contribution >= 0.6 is 35.6 Å². The summed E-state index contributed by atoms with van der Waals surface area (Å²) in [5, 5.41) is 8.78. The topological polar surface area (TPSA) is 121 Å². The average molecular weight is 376 g/mol. The summed E-state index contributed by atoms with van der Waals surface area (Å²) in [6, 6.07) is -1.25. The van der Waals surface area contributed by atoms with Crippen LogP contribution in [0.15, 0.2) is 15.8 Å². The molecule has 0 spiro atoms. The molecule has 1 atom stereocenters. The lowest BCUT2D eigenvalue weighted by Gasteiger charge is -2.22. The van der Waals surface area contributed by atoms with E-state index in [-0.39, 0.29) is 36.4 Å². The average Bonchev–Trinajstić information content (AvgIpc) is 2.41. The van der Waals surface area contributed by atoms with Crippen LogP contribution in [-0.4, -0.2) is 51.5 Å². The molecule has 1 aromatic heterocycles. The maximum absolute atomic E-state index is 11.9. The van der Waals surface area contributed by atoms with Crippen LogP contribution in [0, 0.1) is 0 Å². The fourth-order valence-electron chi connectivity index (χ4n) is 1.71. The van der Waals surface area contributed by atoms with Gasteiger partial charge in [0.15, 0.2) is 0 Å². The number of anilines is 1. The molecule has 0 amide bonds. The van der Waals surface area contributed by atoms with Gasteiger partial charge < -0.3 is 15.7 Å². The van der Waals surface area contributed by atoms with Crippen molar-refractivity contribution < 1.29 is 9.90 Å². The molecule has 22 heavy (non-hydrogen) atoms. The number of aliphatic carboxylic acids is 1. The summed E-state index contributed by atoms with van der Waals surface area (Å²) >= 11 is 11.3. The first-order chi connectivity index (χ1) is 9.90. The summed E-state index contributed by atoms with van der Waals surface area (Å²) in [5.74, 6) is -0.707. The number of aromatic amines is 1. The molecule has 0 saturated heterocycles. The van der Waals surface area contributed by atoms with Gasteiger partial charge in [-0.05, 0) is 0 Å². The first-order valence-corrected chi connectivity index (χ1v) is 7.16. The number of alkyl halides is 2. The first-order valence-electron chi connectivity index (χ1n) is 6.09. The molecule has 4 N–H and O–H groups in total. The first kappa shape index (κ1) is 20.8. The fraction of sp³-hybridized carbons (Fsp3) is 0.545. The Bertz CT molecular complexity index is 598. The number of carboxylic acids is 1. The van der Waals surface area contributed by atoms with E-state index in [1.807, 2.05) is 0 Å². The van der Waals surface area contributed by atoms with Crippen molar-refractivity contribution >= 4 is 47.3 Å². The molecule has 0 aromatic carbocycles. The molecule has 1 unspecified atom stereocenters. The Kier molecular flexibility index (Phi) is 9.19. The lowest BCUT2D eigenvalue weighted by molar-refractivity contribution is -0.138. The van der Waals surface area contributed by atoms with E-state index in [1.165, 1.54) is 6.20 Å². The van der Waals surface area contributed by atoms with Gasteiger partial charge in [0, 0.05) is 31.0 Å². The highest BCUT2D eigenvalue weighted by atomic mass is 35.5. The minimum absolute atomic E-state index is 0. The number of halogens is 3. The number of carboxylic acid groups (broad SMARTS) is 1. The van der Waals surface area contributed by atoms with E-state index in [9.17, 15) is 14.4 Å². The Morgan fingerprint density at radius 3 is 2.36 bits per heavy atom. The monoisotopic (exact) mass is 374 g/mol. The van der Waals surface area contributed by atoms with E-state index in [0.29, 0.717) is 13.1 Å². The van der Waals surface area contributed by atoms with Gasteiger partial charge in [-0.3, -0.25) is 19.1 Å². The van der Waals surface area contributed by atoms with Crippen molar-refractivity contribution in [3.05, 3.63) is 27.0 Å². The zero-order chi connectivity index (χ0) is 16.0. The molecule has 1 aromatic rings. The van der Waals surface area contributed by atoms with E-state index in [4.69, 9.17) is 34.0 Å². The summed E-state index contributed by atoms with van der Waals surface area (Å²) < 4.78 is 1.05. The highest BCUT2D eigenvalue weighted by molar-refractivity contribution is 6.18. The maximum atomic E-state index is 11.9. The molecule has 126 valence electrons. The van der Waals surface area contributed by atoms with Gasteiger partial charge in [0.25, 0.3) is 5.56 Å². The van der Waals surface area contributed by atoms with Crippen LogP contribution in [0.1, 0.15) is 0 Å². The molecule has 8 nitrogen and oxygen atoms in total. The number of nitrogens with two attached hydrogens (primary N) is 1. The fourth-order valence-corrected chi connectivity index (χ4v) is 2.11. The summed E-state index contributed by atoms with van der Waals surface area (Å²) in [6.07, 6.45) is 1.27. The van der Waals surface area contributed by atoms with E-state index in [2.05, 4.69) is 4.98 Å².